The molecule has 1 fully saturated rings. The first kappa shape index (κ1) is 15.8. The Balaban J connectivity index is 2.21. The molecule has 1 unspecified atom stereocenters. The first-order chi connectivity index (χ1) is 9.87. The maximum absolute atomic E-state index is 12.0. The third-order valence-corrected chi connectivity index (χ3v) is 4.54. The maximum Gasteiger partial charge on any atom is 0.317 e. The summed E-state index contributed by atoms with van der Waals surface area (Å²) < 4.78 is 5.10. The van der Waals surface area contributed by atoms with Crippen LogP contribution in [0.3, 0.4) is 0 Å². The summed E-state index contributed by atoms with van der Waals surface area (Å²) in [6, 6.07) is -0.247. The minimum atomic E-state index is -0.786. The highest BCUT2D eigenvalue weighted by Gasteiger charge is 2.35. The van der Waals surface area contributed by atoms with E-state index in [4.69, 9.17) is 4.74 Å². The number of piperazine rings is 1. The fourth-order valence-corrected chi connectivity index (χ4v) is 3.24. The highest BCUT2D eigenvalue weighted by molar-refractivity contribution is 7.13. The molecule has 0 spiro atoms. The zero-order chi connectivity index (χ0) is 15.6. The predicted octanol–water partition coefficient (Wildman–Crippen LogP) is 1.31. The van der Waals surface area contributed by atoms with Crippen molar-refractivity contribution in [3.05, 3.63) is 11.1 Å². The second kappa shape index (κ2) is 6.01. The average Bonchev–Trinajstić information content (AvgIpc) is 2.92. The lowest BCUT2D eigenvalue weighted by molar-refractivity contribution is -0.148. The molecule has 0 saturated carbocycles. The van der Waals surface area contributed by atoms with E-state index in [2.05, 4.69) is 10.3 Å². The van der Waals surface area contributed by atoms with E-state index in [0.29, 0.717) is 18.8 Å². The lowest BCUT2D eigenvalue weighted by atomic mass is 9.90. The molecule has 0 radical (unpaired) electrons. The maximum atomic E-state index is 12.0. The van der Waals surface area contributed by atoms with Gasteiger partial charge < -0.3 is 15.0 Å². The van der Waals surface area contributed by atoms with E-state index < -0.39 is 5.41 Å². The van der Waals surface area contributed by atoms with Gasteiger partial charge in [0.05, 0.1) is 12.3 Å². The molecule has 6 nitrogen and oxygen atoms in total. The first-order valence-electron chi connectivity index (χ1n) is 7.05. The van der Waals surface area contributed by atoms with Crippen LogP contribution in [0.1, 0.15) is 33.4 Å². The molecule has 1 aliphatic heterocycles. The summed E-state index contributed by atoms with van der Waals surface area (Å²) in [4.78, 5) is 30.3. The van der Waals surface area contributed by atoms with Crippen molar-refractivity contribution in [1.29, 1.82) is 0 Å². The zero-order valence-corrected chi connectivity index (χ0v) is 13.6. The van der Waals surface area contributed by atoms with E-state index in [1.165, 1.54) is 11.3 Å². The minimum absolute atomic E-state index is 0.00246. The first-order valence-corrected chi connectivity index (χ1v) is 7.93. The van der Waals surface area contributed by atoms with E-state index in [0.717, 1.165) is 11.7 Å². The SMILES string of the molecule is CCOC(=O)C(C)(C)c1csc(N2CCNC(=O)C2C)n1. The number of anilines is 1. The van der Waals surface area contributed by atoms with Gasteiger partial charge in [-0.25, -0.2) is 4.98 Å². The van der Waals surface area contributed by atoms with Crippen LogP contribution in [0.5, 0.6) is 0 Å². The number of aromatic nitrogens is 1. The highest BCUT2D eigenvalue weighted by atomic mass is 32.1. The van der Waals surface area contributed by atoms with E-state index >= 15 is 0 Å². The normalized spacial score (nSPS) is 19.3. The molecule has 2 heterocycles. The largest absolute Gasteiger partial charge is 0.465 e. The van der Waals surface area contributed by atoms with Crippen LogP contribution in [-0.4, -0.2) is 42.6 Å². The van der Waals surface area contributed by atoms with Crippen molar-refractivity contribution in [1.82, 2.24) is 10.3 Å². The van der Waals surface area contributed by atoms with Gasteiger partial charge in [-0.2, -0.15) is 0 Å². The van der Waals surface area contributed by atoms with Crippen LogP contribution in [-0.2, 0) is 19.7 Å². The molecule has 1 atom stereocenters. The Morgan fingerprint density at radius 2 is 2.33 bits per heavy atom. The summed E-state index contributed by atoms with van der Waals surface area (Å²) >= 11 is 1.45. The number of carbonyl (C=O) groups is 2. The Kier molecular flexibility index (Phi) is 4.51. The molecule has 2 rings (SSSR count). The van der Waals surface area contributed by atoms with Crippen molar-refractivity contribution in [2.45, 2.75) is 39.2 Å². The smallest absolute Gasteiger partial charge is 0.317 e. The molecule has 1 saturated heterocycles. The fraction of sp³-hybridized carbons (Fsp3) is 0.643. The number of hydrogen-bond acceptors (Lipinski definition) is 6. The lowest BCUT2D eigenvalue weighted by Gasteiger charge is -2.32. The number of nitrogens with zero attached hydrogens (tertiary/aromatic N) is 2. The van der Waals surface area contributed by atoms with Gasteiger partial charge in [-0.3, -0.25) is 9.59 Å². The summed E-state index contributed by atoms with van der Waals surface area (Å²) in [5.74, 6) is -0.283. The van der Waals surface area contributed by atoms with Crippen LogP contribution in [0.2, 0.25) is 0 Å². The lowest BCUT2D eigenvalue weighted by Crippen LogP contribution is -2.54. The molecule has 1 amide bonds. The second-order valence-corrected chi connectivity index (χ2v) is 6.36. The van der Waals surface area contributed by atoms with Crippen LogP contribution in [0.15, 0.2) is 5.38 Å². The summed E-state index contributed by atoms with van der Waals surface area (Å²) in [7, 11) is 0. The van der Waals surface area contributed by atoms with E-state index in [-0.39, 0.29) is 17.9 Å². The number of amides is 1. The van der Waals surface area contributed by atoms with Crippen molar-refractivity contribution in [2.75, 3.05) is 24.6 Å². The molecule has 0 aliphatic carbocycles. The van der Waals surface area contributed by atoms with Gasteiger partial charge in [-0.15, -0.1) is 11.3 Å². The van der Waals surface area contributed by atoms with Crippen LogP contribution in [0.4, 0.5) is 5.13 Å². The van der Waals surface area contributed by atoms with E-state index in [1.807, 2.05) is 17.2 Å². The van der Waals surface area contributed by atoms with Gasteiger partial charge in [0, 0.05) is 18.5 Å². The Hall–Kier alpha value is -1.63. The standard InChI is InChI=1S/C14H21N3O3S/c1-5-20-12(19)14(3,4)10-8-21-13(16-10)17-7-6-15-11(18)9(17)2/h8-9H,5-7H2,1-4H3,(H,15,18). The summed E-state index contributed by atoms with van der Waals surface area (Å²) in [6.07, 6.45) is 0. The van der Waals surface area contributed by atoms with Crippen LogP contribution in [0, 0.1) is 0 Å². The van der Waals surface area contributed by atoms with Gasteiger partial charge >= 0.3 is 5.97 Å². The number of hydrogen-bond donors (Lipinski definition) is 1. The number of rotatable bonds is 4. The Morgan fingerprint density at radius 1 is 1.62 bits per heavy atom. The molecule has 1 aromatic rings. The molecule has 1 N–H and O–H groups in total. The quantitative estimate of drug-likeness (QED) is 0.849. The Morgan fingerprint density at radius 3 is 3.00 bits per heavy atom. The molecular weight excluding hydrogens is 290 g/mol. The fourth-order valence-electron chi connectivity index (χ4n) is 2.14. The second-order valence-electron chi connectivity index (χ2n) is 5.52. The van der Waals surface area contributed by atoms with Gasteiger partial charge in [0.25, 0.3) is 0 Å². The number of carbonyl (C=O) groups excluding carboxylic acids is 2. The minimum Gasteiger partial charge on any atom is -0.465 e. The molecule has 116 valence electrons. The Labute approximate surface area is 128 Å². The number of ether oxygens (including phenoxy) is 1. The third kappa shape index (κ3) is 3.02. The van der Waals surface area contributed by atoms with Crippen molar-refractivity contribution >= 4 is 28.3 Å². The third-order valence-electron chi connectivity index (χ3n) is 3.66. The van der Waals surface area contributed by atoms with Crippen molar-refractivity contribution in [2.24, 2.45) is 0 Å². The summed E-state index contributed by atoms with van der Waals surface area (Å²) in [5.41, 5.74) is -0.106. The average molecular weight is 311 g/mol. The van der Waals surface area contributed by atoms with Crippen LogP contribution < -0.4 is 10.2 Å². The van der Waals surface area contributed by atoms with Crippen molar-refractivity contribution in [3.63, 3.8) is 0 Å². The predicted molar refractivity (Wildman–Crippen MR) is 81.6 cm³/mol. The van der Waals surface area contributed by atoms with Gasteiger partial charge in [0.15, 0.2) is 5.13 Å². The molecule has 0 bridgehead atoms. The van der Waals surface area contributed by atoms with Gasteiger partial charge in [0.1, 0.15) is 11.5 Å². The van der Waals surface area contributed by atoms with Crippen LogP contribution >= 0.6 is 11.3 Å². The van der Waals surface area contributed by atoms with E-state index in [9.17, 15) is 9.59 Å². The number of esters is 1. The Bertz CT molecular complexity index is 541. The monoisotopic (exact) mass is 311 g/mol. The molecule has 7 heteroatoms. The summed E-state index contributed by atoms with van der Waals surface area (Å²) in [6.45, 7) is 8.93. The van der Waals surface area contributed by atoms with Crippen molar-refractivity contribution < 1.29 is 14.3 Å². The molecule has 1 aromatic heterocycles. The molecule has 21 heavy (non-hydrogen) atoms. The van der Waals surface area contributed by atoms with Gasteiger partial charge in [-0.1, -0.05) is 0 Å². The highest BCUT2D eigenvalue weighted by Crippen LogP contribution is 2.31. The molecular formula is C14H21N3O3S. The molecule has 1 aliphatic rings. The summed E-state index contributed by atoms with van der Waals surface area (Å²) in [5, 5.41) is 5.46. The molecule has 0 aromatic carbocycles. The van der Waals surface area contributed by atoms with Crippen molar-refractivity contribution in [3.8, 4) is 0 Å². The topological polar surface area (TPSA) is 71.5 Å². The van der Waals surface area contributed by atoms with Gasteiger partial charge in [-0.05, 0) is 27.7 Å². The number of nitrogens with one attached hydrogen (secondary N) is 1. The van der Waals surface area contributed by atoms with Gasteiger partial charge in [0.2, 0.25) is 5.91 Å². The zero-order valence-electron chi connectivity index (χ0n) is 12.8. The van der Waals surface area contributed by atoms with Crippen LogP contribution in [0.25, 0.3) is 0 Å². The van der Waals surface area contributed by atoms with E-state index in [1.54, 1.807) is 20.8 Å². The number of thiazole rings is 1.